The van der Waals surface area contributed by atoms with Crippen LogP contribution in [0.1, 0.15) is 29.2 Å². The molecular weight excluding hydrogens is 275 g/mol. The monoisotopic (exact) mass is 298 g/mol. The lowest BCUT2D eigenvalue weighted by molar-refractivity contribution is 0.240. The van der Waals surface area contributed by atoms with Crippen LogP contribution in [0.25, 0.3) is 0 Å². The third-order valence-corrected chi connectivity index (χ3v) is 4.41. The SMILES string of the molecule is Cc1ccccc1C(c1ccc(F)cc1)N1CCCNCC1. The van der Waals surface area contributed by atoms with Gasteiger partial charge in [-0.05, 0) is 48.7 Å². The number of aryl methyl sites for hydroxylation is 1. The standard InChI is InChI=1S/C19H23FN2/c1-15-5-2-3-6-18(15)19(16-7-9-17(20)10-8-16)22-13-4-11-21-12-14-22/h2-3,5-10,19,21H,4,11-14H2,1H3. The number of rotatable bonds is 3. The minimum atomic E-state index is -0.176. The molecule has 3 heteroatoms. The number of hydrogen-bond donors (Lipinski definition) is 1. The highest BCUT2D eigenvalue weighted by atomic mass is 19.1. The molecule has 0 aliphatic carbocycles. The van der Waals surface area contributed by atoms with Gasteiger partial charge in [-0.25, -0.2) is 4.39 Å². The van der Waals surface area contributed by atoms with Gasteiger partial charge in [0.1, 0.15) is 5.82 Å². The van der Waals surface area contributed by atoms with Crippen molar-refractivity contribution in [1.29, 1.82) is 0 Å². The molecule has 1 heterocycles. The second-order valence-electron chi connectivity index (χ2n) is 5.95. The summed E-state index contributed by atoms with van der Waals surface area (Å²) in [5.41, 5.74) is 3.77. The summed E-state index contributed by atoms with van der Waals surface area (Å²) in [4.78, 5) is 2.51. The van der Waals surface area contributed by atoms with Crippen molar-refractivity contribution in [3.05, 3.63) is 71.0 Å². The summed E-state index contributed by atoms with van der Waals surface area (Å²) in [5, 5.41) is 3.46. The van der Waals surface area contributed by atoms with Gasteiger partial charge < -0.3 is 5.32 Å². The van der Waals surface area contributed by atoms with Crippen LogP contribution in [0.3, 0.4) is 0 Å². The molecule has 1 fully saturated rings. The maximum absolute atomic E-state index is 13.3. The van der Waals surface area contributed by atoms with E-state index in [1.165, 1.54) is 11.1 Å². The lowest BCUT2D eigenvalue weighted by atomic mass is 9.93. The van der Waals surface area contributed by atoms with Crippen LogP contribution >= 0.6 is 0 Å². The van der Waals surface area contributed by atoms with Gasteiger partial charge in [-0.15, -0.1) is 0 Å². The topological polar surface area (TPSA) is 15.3 Å². The Kier molecular flexibility index (Phi) is 4.86. The highest BCUT2D eigenvalue weighted by Crippen LogP contribution is 2.31. The molecule has 0 amide bonds. The van der Waals surface area contributed by atoms with Crippen LogP contribution in [0.15, 0.2) is 48.5 Å². The third-order valence-electron chi connectivity index (χ3n) is 4.41. The first kappa shape index (κ1) is 15.2. The van der Waals surface area contributed by atoms with Crippen molar-refractivity contribution in [2.24, 2.45) is 0 Å². The molecular formula is C19H23FN2. The van der Waals surface area contributed by atoms with Crippen LogP contribution in [0.5, 0.6) is 0 Å². The van der Waals surface area contributed by atoms with Crippen LogP contribution in [0, 0.1) is 12.7 Å². The molecule has 1 aliphatic rings. The van der Waals surface area contributed by atoms with Crippen LogP contribution in [-0.4, -0.2) is 31.1 Å². The van der Waals surface area contributed by atoms with Crippen molar-refractivity contribution in [3.63, 3.8) is 0 Å². The zero-order chi connectivity index (χ0) is 15.4. The van der Waals surface area contributed by atoms with Crippen LogP contribution in [0.2, 0.25) is 0 Å². The van der Waals surface area contributed by atoms with E-state index in [0.717, 1.165) is 38.2 Å². The Labute approximate surface area is 132 Å². The molecule has 22 heavy (non-hydrogen) atoms. The zero-order valence-corrected chi connectivity index (χ0v) is 13.1. The average molecular weight is 298 g/mol. The van der Waals surface area contributed by atoms with Gasteiger partial charge in [0, 0.05) is 19.6 Å². The quantitative estimate of drug-likeness (QED) is 0.932. The molecule has 116 valence electrons. The smallest absolute Gasteiger partial charge is 0.123 e. The van der Waals surface area contributed by atoms with E-state index >= 15 is 0 Å². The maximum Gasteiger partial charge on any atom is 0.123 e. The minimum Gasteiger partial charge on any atom is -0.315 e. The van der Waals surface area contributed by atoms with Gasteiger partial charge in [0.15, 0.2) is 0 Å². The Balaban J connectivity index is 2.01. The number of hydrogen-bond acceptors (Lipinski definition) is 2. The predicted molar refractivity (Wildman–Crippen MR) is 88.5 cm³/mol. The van der Waals surface area contributed by atoms with Gasteiger partial charge in [0.25, 0.3) is 0 Å². The highest BCUT2D eigenvalue weighted by Gasteiger charge is 2.24. The fraction of sp³-hybridized carbons (Fsp3) is 0.368. The molecule has 0 bridgehead atoms. The molecule has 1 saturated heterocycles. The van der Waals surface area contributed by atoms with E-state index in [0.29, 0.717) is 0 Å². The Morgan fingerprint density at radius 1 is 1.00 bits per heavy atom. The van der Waals surface area contributed by atoms with E-state index in [1.807, 2.05) is 12.1 Å². The summed E-state index contributed by atoms with van der Waals surface area (Å²) in [6.07, 6.45) is 1.14. The summed E-state index contributed by atoms with van der Waals surface area (Å²) < 4.78 is 13.3. The molecule has 0 aromatic heterocycles. The minimum absolute atomic E-state index is 0.176. The lowest BCUT2D eigenvalue weighted by Gasteiger charge is -2.32. The van der Waals surface area contributed by atoms with E-state index in [-0.39, 0.29) is 11.9 Å². The number of nitrogens with zero attached hydrogens (tertiary/aromatic N) is 1. The van der Waals surface area contributed by atoms with Crippen molar-refractivity contribution in [1.82, 2.24) is 10.2 Å². The summed E-state index contributed by atoms with van der Waals surface area (Å²) >= 11 is 0. The Hall–Kier alpha value is -1.71. The summed E-state index contributed by atoms with van der Waals surface area (Å²) in [6, 6.07) is 15.7. The summed E-state index contributed by atoms with van der Waals surface area (Å²) in [6.45, 7) is 6.30. The van der Waals surface area contributed by atoms with E-state index in [1.54, 1.807) is 12.1 Å². The van der Waals surface area contributed by atoms with Gasteiger partial charge in [0.2, 0.25) is 0 Å². The molecule has 1 N–H and O–H groups in total. The first-order valence-electron chi connectivity index (χ1n) is 8.01. The average Bonchev–Trinajstić information content (AvgIpc) is 2.80. The normalized spacial score (nSPS) is 17.9. The lowest BCUT2D eigenvalue weighted by Crippen LogP contribution is -2.33. The fourth-order valence-corrected chi connectivity index (χ4v) is 3.25. The van der Waals surface area contributed by atoms with E-state index in [4.69, 9.17) is 0 Å². The van der Waals surface area contributed by atoms with Crippen molar-refractivity contribution >= 4 is 0 Å². The van der Waals surface area contributed by atoms with E-state index in [2.05, 4.69) is 41.4 Å². The largest absolute Gasteiger partial charge is 0.315 e. The van der Waals surface area contributed by atoms with Gasteiger partial charge >= 0.3 is 0 Å². The first-order chi connectivity index (χ1) is 10.8. The van der Waals surface area contributed by atoms with Crippen LogP contribution in [-0.2, 0) is 0 Å². The second-order valence-corrected chi connectivity index (χ2v) is 5.95. The number of benzene rings is 2. The van der Waals surface area contributed by atoms with E-state index in [9.17, 15) is 4.39 Å². The highest BCUT2D eigenvalue weighted by molar-refractivity contribution is 5.37. The van der Waals surface area contributed by atoms with E-state index < -0.39 is 0 Å². The molecule has 0 spiro atoms. The Morgan fingerprint density at radius 3 is 2.55 bits per heavy atom. The molecule has 1 aliphatic heterocycles. The van der Waals surface area contributed by atoms with Gasteiger partial charge in [-0.3, -0.25) is 4.90 Å². The van der Waals surface area contributed by atoms with Crippen molar-refractivity contribution < 1.29 is 4.39 Å². The Morgan fingerprint density at radius 2 is 1.77 bits per heavy atom. The van der Waals surface area contributed by atoms with Crippen molar-refractivity contribution in [3.8, 4) is 0 Å². The van der Waals surface area contributed by atoms with Gasteiger partial charge in [-0.1, -0.05) is 36.4 Å². The van der Waals surface area contributed by atoms with Gasteiger partial charge in [-0.2, -0.15) is 0 Å². The summed E-state index contributed by atoms with van der Waals surface area (Å²) in [5.74, 6) is -0.176. The molecule has 1 atom stereocenters. The summed E-state index contributed by atoms with van der Waals surface area (Å²) in [7, 11) is 0. The molecule has 2 nitrogen and oxygen atoms in total. The molecule has 0 radical (unpaired) electrons. The maximum atomic E-state index is 13.3. The number of nitrogens with one attached hydrogen (secondary N) is 1. The second kappa shape index (κ2) is 7.03. The van der Waals surface area contributed by atoms with Crippen molar-refractivity contribution in [2.45, 2.75) is 19.4 Å². The van der Waals surface area contributed by atoms with Gasteiger partial charge in [0.05, 0.1) is 6.04 Å². The zero-order valence-electron chi connectivity index (χ0n) is 13.1. The van der Waals surface area contributed by atoms with Crippen molar-refractivity contribution in [2.75, 3.05) is 26.2 Å². The first-order valence-corrected chi connectivity index (χ1v) is 8.01. The van der Waals surface area contributed by atoms with Crippen LogP contribution in [0.4, 0.5) is 4.39 Å². The molecule has 0 saturated carbocycles. The number of halogens is 1. The molecule has 2 aromatic carbocycles. The predicted octanol–water partition coefficient (Wildman–Crippen LogP) is 3.52. The Bertz CT molecular complexity index is 601. The molecule has 3 rings (SSSR count). The van der Waals surface area contributed by atoms with Crippen LogP contribution < -0.4 is 5.32 Å². The third kappa shape index (κ3) is 3.37. The molecule has 2 aromatic rings. The fourth-order valence-electron chi connectivity index (χ4n) is 3.25. The molecule has 1 unspecified atom stereocenters.